The molecule has 0 spiro atoms. The molecule has 134 valence electrons. The summed E-state index contributed by atoms with van der Waals surface area (Å²) in [6, 6.07) is 6.72. The topological polar surface area (TPSA) is 46.9 Å². The van der Waals surface area contributed by atoms with E-state index in [4.69, 9.17) is 23.2 Å². The first-order valence-corrected chi connectivity index (χ1v) is 8.34. The maximum atomic E-state index is 14.4. The monoisotopic (exact) mass is 395 g/mol. The second kappa shape index (κ2) is 7.43. The number of carbonyl (C=O) groups excluding carboxylic acids is 1. The minimum absolute atomic E-state index is 0.0333. The number of aryl methyl sites for hydroxylation is 1. The lowest BCUT2D eigenvalue weighted by atomic mass is 10.1. The second-order valence-electron chi connectivity index (χ2n) is 5.56. The molecule has 0 fully saturated rings. The molecule has 0 aliphatic carbocycles. The number of imidazole rings is 1. The van der Waals surface area contributed by atoms with Crippen molar-refractivity contribution in [2.24, 2.45) is 0 Å². The Morgan fingerprint density at radius 1 is 1.15 bits per heavy atom. The molecule has 0 saturated heterocycles. The quantitative estimate of drug-likeness (QED) is 0.651. The first-order chi connectivity index (χ1) is 12.4. The highest BCUT2D eigenvalue weighted by molar-refractivity contribution is 6.36. The molecule has 26 heavy (non-hydrogen) atoms. The van der Waals surface area contributed by atoms with Crippen LogP contribution in [0.15, 0.2) is 42.7 Å². The molecule has 1 N–H and O–H groups in total. The van der Waals surface area contributed by atoms with Gasteiger partial charge in [-0.25, -0.2) is 13.8 Å². The van der Waals surface area contributed by atoms with Gasteiger partial charge in [-0.1, -0.05) is 29.3 Å². The summed E-state index contributed by atoms with van der Waals surface area (Å²) in [7, 11) is 0. The number of amides is 1. The highest BCUT2D eigenvalue weighted by atomic mass is 35.5. The van der Waals surface area contributed by atoms with Crippen LogP contribution in [-0.4, -0.2) is 15.5 Å². The average Bonchev–Trinajstić information content (AvgIpc) is 3.02. The Bertz CT molecular complexity index is 989. The van der Waals surface area contributed by atoms with Crippen LogP contribution in [0.4, 0.5) is 8.78 Å². The van der Waals surface area contributed by atoms with E-state index < -0.39 is 17.5 Å². The van der Waals surface area contributed by atoms with Crippen molar-refractivity contribution in [2.75, 3.05) is 0 Å². The lowest BCUT2D eigenvalue weighted by Gasteiger charge is -2.10. The highest BCUT2D eigenvalue weighted by Crippen LogP contribution is 2.24. The summed E-state index contributed by atoms with van der Waals surface area (Å²) in [5.41, 5.74) is 0.862. The minimum Gasteiger partial charge on any atom is -0.348 e. The molecule has 1 heterocycles. The Kier molecular flexibility index (Phi) is 5.25. The zero-order chi connectivity index (χ0) is 18.8. The molecular formula is C18H13Cl2F2N3O. The molecule has 4 nitrogen and oxygen atoms in total. The molecule has 0 bridgehead atoms. The maximum absolute atomic E-state index is 14.4. The van der Waals surface area contributed by atoms with E-state index >= 15 is 0 Å². The number of nitrogens with one attached hydrogen (secondary N) is 1. The van der Waals surface area contributed by atoms with Gasteiger partial charge in [-0.3, -0.25) is 4.79 Å². The Labute approximate surface area is 158 Å². The fraction of sp³-hybridized carbons (Fsp3) is 0.111. The third-order valence-electron chi connectivity index (χ3n) is 3.81. The van der Waals surface area contributed by atoms with Gasteiger partial charge in [0, 0.05) is 18.9 Å². The van der Waals surface area contributed by atoms with Crippen molar-refractivity contribution in [3.8, 4) is 5.69 Å². The van der Waals surface area contributed by atoms with Gasteiger partial charge in [-0.2, -0.15) is 0 Å². The molecule has 0 aliphatic rings. The van der Waals surface area contributed by atoms with E-state index in [2.05, 4.69) is 10.3 Å². The molecule has 1 aromatic heterocycles. The number of aromatic nitrogens is 2. The van der Waals surface area contributed by atoms with Gasteiger partial charge in [0.25, 0.3) is 5.91 Å². The molecule has 0 aliphatic heterocycles. The van der Waals surface area contributed by atoms with Crippen molar-refractivity contribution in [1.29, 1.82) is 0 Å². The first kappa shape index (κ1) is 18.4. The van der Waals surface area contributed by atoms with Crippen LogP contribution in [0.3, 0.4) is 0 Å². The molecule has 0 saturated carbocycles. The number of halogens is 4. The molecule has 8 heteroatoms. The van der Waals surface area contributed by atoms with Crippen LogP contribution >= 0.6 is 23.2 Å². The normalized spacial score (nSPS) is 10.8. The summed E-state index contributed by atoms with van der Waals surface area (Å²) in [5.74, 6) is -1.12. The van der Waals surface area contributed by atoms with E-state index in [-0.39, 0.29) is 22.2 Å². The summed E-state index contributed by atoms with van der Waals surface area (Å²) >= 11 is 11.5. The van der Waals surface area contributed by atoms with Crippen molar-refractivity contribution < 1.29 is 13.6 Å². The van der Waals surface area contributed by atoms with Gasteiger partial charge in [-0.05, 0) is 36.8 Å². The lowest BCUT2D eigenvalue weighted by molar-refractivity contribution is 0.0950. The van der Waals surface area contributed by atoms with Crippen molar-refractivity contribution >= 4 is 29.1 Å². The number of hydrogen-bond acceptors (Lipinski definition) is 2. The van der Waals surface area contributed by atoms with Crippen LogP contribution in [0.1, 0.15) is 21.7 Å². The van der Waals surface area contributed by atoms with Gasteiger partial charge in [0.2, 0.25) is 0 Å². The first-order valence-electron chi connectivity index (χ1n) is 7.58. The van der Waals surface area contributed by atoms with Crippen molar-refractivity contribution in [3.63, 3.8) is 0 Å². The zero-order valence-electron chi connectivity index (χ0n) is 13.6. The molecule has 0 unspecified atom stereocenters. The fourth-order valence-electron chi connectivity index (χ4n) is 2.46. The third kappa shape index (κ3) is 3.71. The van der Waals surface area contributed by atoms with E-state index in [1.54, 1.807) is 36.0 Å². The van der Waals surface area contributed by atoms with E-state index in [9.17, 15) is 13.6 Å². The van der Waals surface area contributed by atoms with Crippen LogP contribution in [0.5, 0.6) is 0 Å². The van der Waals surface area contributed by atoms with Crippen LogP contribution in [0.2, 0.25) is 10.0 Å². The van der Waals surface area contributed by atoms with E-state index in [0.29, 0.717) is 17.1 Å². The third-order valence-corrected chi connectivity index (χ3v) is 4.41. The molecule has 3 rings (SSSR count). The molecule has 3 aromatic rings. The summed E-state index contributed by atoms with van der Waals surface area (Å²) in [5, 5.41) is 2.44. The standard InChI is InChI=1S/C18H13Cl2F2N3O/c1-10-23-4-5-25(10)17-3-2-11(6-16(17)22)9-24-18(26)12-7-15(21)14(20)8-13(12)19/h2-8H,9H2,1H3,(H,24,26). The Morgan fingerprint density at radius 2 is 1.92 bits per heavy atom. The fourth-order valence-corrected chi connectivity index (χ4v) is 2.93. The zero-order valence-corrected chi connectivity index (χ0v) is 15.1. The number of carbonyl (C=O) groups is 1. The average molecular weight is 396 g/mol. The van der Waals surface area contributed by atoms with Crippen LogP contribution in [0, 0.1) is 18.6 Å². The minimum atomic E-state index is -0.743. The Hall–Kier alpha value is -2.44. The van der Waals surface area contributed by atoms with Crippen molar-refractivity contribution in [2.45, 2.75) is 13.5 Å². The lowest BCUT2D eigenvalue weighted by Crippen LogP contribution is -2.23. The van der Waals surface area contributed by atoms with Gasteiger partial charge >= 0.3 is 0 Å². The smallest absolute Gasteiger partial charge is 0.253 e. The number of benzene rings is 2. The molecule has 0 radical (unpaired) electrons. The maximum Gasteiger partial charge on any atom is 0.253 e. The van der Waals surface area contributed by atoms with E-state index in [1.807, 2.05) is 0 Å². The van der Waals surface area contributed by atoms with Crippen molar-refractivity contribution in [1.82, 2.24) is 14.9 Å². The Morgan fingerprint density at radius 3 is 2.58 bits per heavy atom. The number of nitrogens with zero attached hydrogens (tertiary/aromatic N) is 2. The van der Waals surface area contributed by atoms with Crippen LogP contribution in [-0.2, 0) is 6.54 Å². The van der Waals surface area contributed by atoms with Gasteiger partial charge in [0.05, 0.1) is 21.3 Å². The van der Waals surface area contributed by atoms with E-state index in [1.165, 1.54) is 6.07 Å². The van der Waals surface area contributed by atoms with Gasteiger partial charge in [-0.15, -0.1) is 0 Å². The van der Waals surface area contributed by atoms with Crippen LogP contribution in [0.25, 0.3) is 5.69 Å². The largest absolute Gasteiger partial charge is 0.348 e. The summed E-state index contributed by atoms with van der Waals surface area (Å²) in [4.78, 5) is 16.2. The van der Waals surface area contributed by atoms with Crippen molar-refractivity contribution in [3.05, 3.63) is 81.4 Å². The predicted octanol–water partition coefficient (Wildman–Crippen LogP) is 4.70. The summed E-state index contributed by atoms with van der Waals surface area (Å²) < 4.78 is 29.5. The second-order valence-corrected chi connectivity index (χ2v) is 6.37. The van der Waals surface area contributed by atoms with Crippen LogP contribution < -0.4 is 5.32 Å². The predicted molar refractivity (Wildman–Crippen MR) is 95.8 cm³/mol. The summed E-state index contributed by atoms with van der Waals surface area (Å²) in [6.07, 6.45) is 3.24. The number of hydrogen-bond donors (Lipinski definition) is 1. The molecule has 0 atom stereocenters. The molecular weight excluding hydrogens is 383 g/mol. The van der Waals surface area contributed by atoms with Gasteiger partial charge < -0.3 is 9.88 Å². The Balaban J connectivity index is 1.74. The van der Waals surface area contributed by atoms with Gasteiger partial charge in [0.1, 0.15) is 17.5 Å². The SMILES string of the molecule is Cc1nccn1-c1ccc(CNC(=O)c2cc(F)c(Cl)cc2Cl)cc1F. The van der Waals surface area contributed by atoms with E-state index in [0.717, 1.165) is 12.1 Å². The molecule has 1 amide bonds. The number of rotatable bonds is 4. The highest BCUT2D eigenvalue weighted by Gasteiger charge is 2.14. The van der Waals surface area contributed by atoms with Gasteiger partial charge in [0.15, 0.2) is 0 Å². The summed E-state index contributed by atoms with van der Waals surface area (Å²) in [6.45, 7) is 1.82. The molecule has 2 aromatic carbocycles.